The SMILES string of the molecule is O=C(Nc1ccc(-c2cnc(-c3ccc(NC(=O)[C@@H]4CCCN4C(=O)c4ccccn4)cc3)o2)cc1)[C@@H]1CCCN1C(=O)c1ccccn1. The predicted molar refractivity (Wildman–Crippen MR) is 181 cm³/mol. The van der Waals surface area contributed by atoms with Crippen molar-refractivity contribution in [3.63, 3.8) is 0 Å². The molecule has 3 aromatic heterocycles. The molecule has 49 heavy (non-hydrogen) atoms. The van der Waals surface area contributed by atoms with Crippen LogP contribution in [0, 0.1) is 0 Å². The first-order valence-electron chi connectivity index (χ1n) is 16.2. The number of carbonyl (C=O) groups excluding carboxylic acids is 4. The lowest BCUT2D eigenvalue weighted by atomic mass is 10.1. The van der Waals surface area contributed by atoms with Gasteiger partial charge in [0.2, 0.25) is 17.7 Å². The number of nitrogens with zero attached hydrogens (tertiary/aromatic N) is 5. The summed E-state index contributed by atoms with van der Waals surface area (Å²) >= 11 is 0. The fraction of sp³-hybridized carbons (Fsp3) is 0.216. The highest BCUT2D eigenvalue weighted by Crippen LogP contribution is 2.29. The molecular weight excluding hydrogens is 622 g/mol. The van der Waals surface area contributed by atoms with Crippen LogP contribution in [0.25, 0.3) is 22.8 Å². The van der Waals surface area contributed by atoms with Crippen molar-refractivity contribution in [3.05, 3.63) is 115 Å². The highest BCUT2D eigenvalue weighted by atomic mass is 16.4. The van der Waals surface area contributed by atoms with Gasteiger partial charge < -0.3 is 24.9 Å². The second-order valence-electron chi connectivity index (χ2n) is 11.9. The molecule has 5 aromatic rings. The van der Waals surface area contributed by atoms with Gasteiger partial charge in [-0.05, 0) is 98.5 Å². The number of hydrogen-bond donors (Lipinski definition) is 2. The summed E-state index contributed by atoms with van der Waals surface area (Å²) in [5.41, 5.74) is 3.34. The van der Waals surface area contributed by atoms with E-state index in [4.69, 9.17) is 4.42 Å². The number of carbonyl (C=O) groups is 4. The van der Waals surface area contributed by atoms with Crippen molar-refractivity contribution in [2.24, 2.45) is 0 Å². The lowest BCUT2D eigenvalue weighted by Crippen LogP contribution is -2.43. The third-order valence-corrected chi connectivity index (χ3v) is 8.74. The highest BCUT2D eigenvalue weighted by molar-refractivity contribution is 6.02. The summed E-state index contributed by atoms with van der Waals surface area (Å²) in [5, 5.41) is 5.86. The Labute approximate surface area is 282 Å². The fourth-order valence-electron chi connectivity index (χ4n) is 6.24. The first-order chi connectivity index (χ1) is 23.9. The van der Waals surface area contributed by atoms with Crippen molar-refractivity contribution in [2.45, 2.75) is 37.8 Å². The topological polar surface area (TPSA) is 151 Å². The zero-order chi connectivity index (χ0) is 33.7. The molecule has 2 fully saturated rings. The quantitative estimate of drug-likeness (QED) is 0.229. The summed E-state index contributed by atoms with van der Waals surface area (Å²) < 4.78 is 6.04. The van der Waals surface area contributed by atoms with Gasteiger partial charge in [0.15, 0.2) is 5.76 Å². The molecule has 2 N–H and O–H groups in total. The molecule has 0 saturated carbocycles. The van der Waals surface area contributed by atoms with Gasteiger partial charge in [-0.3, -0.25) is 29.1 Å². The molecule has 0 radical (unpaired) electrons. The number of likely N-dealkylation sites (tertiary alicyclic amines) is 2. The van der Waals surface area contributed by atoms with Crippen LogP contribution in [0.3, 0.4) is 0 Å². The van der Waals surface area contributed by atoms with Gasteiger partial charge in [-0.2, -0.15) is 0 Å². The van der Waals surface area contributed by atoms with Gasteiger partial charge in [0.05, 0.1) is 6.20 Å². The predicted octanol–water partition coefficient (Wildman–Crippen LogP) is 5.29. The highest BCUT2D eigenvalue weighted by Gasteiger charge is 2.36. The van der Waals surface area contributed by atoms with Crippen LogP contribution in [-0.4, -0.2) is 73.6 Å². The maximum Gasteiger partial charge on any atom is 0.273 e. The van der Waals surface area contributed by atoms with Gasteiger partial charge >= 0.3 is 0 Å². The van der Waals surface area contributed by atoms with Crippen LogP contribution in [0.1, 0.15) is 46.7 Å². The van der Waals surface area contributed by atoms with Crippen LogP contribution in [0.15, 0.2) is 108 Å². The van der Waals surface area contributed by atoms with Gasteiger partial charge in [0, 0.05) is 48.0 Å². The van der Waals surface area contributed by atoms with E-state index in [1.165, 1.54) is 0 Å². The molecule has 0 aliphatic carbocycles. The number of hydrogen-bond acceptors (Lipinski definition) is 8. The normalized spacial score (nSPS) is 17.1. The smallest absolute Gasteiger partial charge is 0.273 e. The summed E-state index contributed by atoms with van der Waals surface area (Å²) in [5.74, 6) is -0.0297. The minimum atomic E-state index is -0.568. The van der Waals surface area contributed by atoms with E-state index in [9.17, 15) is 19.2 Å². The van der Waals surface area contributed by atoms with E-state index < -0.39 is 12.1 Å². The maximum atomic E-state index is 13.1. The molecule has 0 unspecified atom stereocenters. The minimum absolute atomic E-state index is 0.241. The molecule has 0 spiro atoms. The second-order valence-corrected chi connectivity index (χ2v) is 11.9. The Morgan fingerprint density at radius 3 is 1.57 bits per heavy atom. The molecule has 0 bridgehead atoms. The molecule has 12 heteroatoms. The zero-order valence-corrected chi connectivity index (χ0v) is 26.5. The Morgan fingerprint density at radius 1 is 0.612 bits per heavy atom. The Balaban J connectivity index is 0.952. The molecule has 2 aromatic carbocycles. The second kappa shape index (κ2) is 13.9. The number of pyridine rings is 2. The van der Waals surface area contributed by atoms with E-state index in [1.807, 2.05) is 12.1 Å². The number of anilines is 2. The Morgan fingerprint density at radius 2 is 1.10 bits per heavy atom. The van der Waals surface area contributed by atoms with E-state index in [-0.39, 0.29) is 23.6 Å². The number of nitrogens with one attached hydrogen (secondary N) is 2. The summed E-state index contributed by atoms with van der Waals surface area (Å²) in [6.45, 7) is 1.01. The van der Waals surface area contributed by atoms with Gasteiger partial charge in [0.25, 0.3) is 11.8 Å². The van der Waals surface area contributed by atoms with Crippen molar-refractivity contribution in [2.75, 3.05) is 23.7 Å². The average molecular weight is 656 g/mol. The molecule has 4 amide bonds. The molecule has 7 rings (SSSR count). The van der Waals surface area contributed by atoms with E-state index in [1.54, 1.807) is 101 Å². The Kier molecular flexibility index (Phi) is 8.92. The standard InChI is InChI=1S/C37H33N7O5/c45-33(30-9-5-21-43(30)36(47)28-7-1-3-19-38-28)41-26-15-11-24(12-16-26)32-23-40-35(49-32)25-13-17-27(18-14-25)42-34(46)31-10-6-22-44(31)37(48)29-8-2-4-20-39-29/h1-4,7-8,11-20,23,30-31H,5-6,9-10,21-22H2,(H,41,45)(H,42,46)/t30-,31-/m0/s1. The van der Waals surface area contributed by atoms with Crippen molar-refractivity contribution in [3.8, 4) is 22.8 Å². The van der Waals surface area contributed by atoms with Crippen molar-refractivity contribution < 1.29 is 23.6 Å². The first-order valence-corrected chi connectivity index (χ1v) is 16.2. The molecule has 5 heterocycles. The number of oxazole rings is 1. The Bertz CT molecular complexity index is 1820. The van der Waals surface area contributed by atoms with Crippen molar-refractivity contribution in [1.82, 2.24) is 24.8 Å². The van der Waals surface area contributed by atoms with Crippen LogP contribution < -0.4 is 10.6 Å². The number of benzene rings is 2. The number of amides is 4. The molecule has 2 aliphatic heterocycles. The zero-order valence-electron chi connectivity index (χ0n) is 26.5. The third kappa shape index (κ3) is 6.79. The average Bonchev–Trinajstić information content (AvgIpc) is 3.94. The molecule has 2 aliphatic rings. The molecule has 2 saturated heterocycles. The van der Waals surface area contributed by atoms with Gasteiger partial charge in [-0.25, -0.2) is 4.98 Å². The maximum absolute atomic E-state index is 13.1. The minimum Gasteiger partial charge on any atom is -0.436 e. The van der Waals surface area contributed by atoms with E-state index >= 15 is 0 Å². The summed E-state index contributed by atoms with van der Waals surface area (Å²) in [7, 11) is 0. The third-order valence-electron chi connectivity index (χ3n) is 8.74. The van der Waals surface area contributed by atoms with E-state index in [0.717, 1.165) is 24.0 Å². The van der Waals surface area contributed by atoms with E-state index in [2.05, 4.69) is 25.6 Å². The molecule has 246 valence electrons. The van der Waals surface area contributed by atoms with Gasteiger partial charge in [0.1, 0.15) is 23.5 Å². The van der Waals surface area contributed by atoms with E-state index in [0.29, 0.717) is 60.3 Å². The van der Waals surface area contributed by atoms with Crippen LogP contribution in [0.2, 0.25) is 0 Å². The summed E-state index contributed by atoms with van der Waals surface area (Å²) in [6.07, 6.45) is 7.42. The fourth-order valence-corrected chi connectivity index (χ4v) is 6.24. The Hall–Kier alpha value is -6.17. The summed E-state index contributed by atoms with van der Waals surface area (Å²) in [4.78, 5) is 68.0. The van der Waals surface area contributed by atoms with Gasteiger partial charge in [-0.1, -0.05) is 12.1 Å². The van der Waals surface area contributed by atoms with Gasteiger partial charge in [-0.15, -0.1) is 0 Å². The first kappa shape index (κ1) is 31.4. The lowest BCUT2D eigenvalue weighted by molar-refractivity contribution is -0.120. The van der Waals surface area contributed by atoms with Crippen LogP contribution in [0.4, 0.5) is 11.4 Å². The number of rotatable bonds is 8. The van der Waals surface area contributed by atoms with Crippen molar-refractivity contribution >= 4 is 35.0 Å². The molecular formula is C37H33N7O5. The van der Waals surface area contributed by atoms with Crippen LogP contribution in [0.5, 0.6) is 0 Å². The molecule has 2 atom stereocenters. The van der Waals surface area contributed by atoms with Crippen LogP contribution >= 0.6 is 0 Å². The monoisotopic (exact) mass is 655 g/mol. The van der Waals surface area contributed by atoms with Crippen LogP contribution in [-0.2, 0) is 9.59 Å². The molecule has 12 nitrogen and oxygen atoms in total. The summed E-state index contributed by atoms with van der Waals surface area (Å²) in [6, 6.07) is 23.5. The van der Waals surface area contributed by atoms with Crippen molar-refractivity contribution in [1.29, 1.82) is 0 Å². The lowest BCUT2D eigenvalue weighted by Gasteiger charge is -2.23. The largest absolute Gasteiger partial charge is 0.436 e. The number of aromatic nitrogens is 3.